The molecule has 2 unspecified atom stereocenters. The molecule has 4 aromatic rings. The van der Waals surface area contributed by atoms with Crippen LogP contribution < -0.4 is 5.32 Å². The Balaban J connectivity index is 1.67. The molecule has 3 N–H and O–H groups in total. The summed E-state index contributed by atoms with van der Waals surface area (Å²) in [5.74, 6) is 0.0725. The number of hydrogen-bond acceptors (Lipinski definition) is 1. The van der Waals surface area contributed by atoms with Gasteiger partial charge in [-0.15, -0.1) is 0 Å². The second-order valence-electron chi connectivity index (χ2n) is 6.41. The van der Waals surface area contributed by atoms with Crippen LogP contribution in [-0.4, -0.2) is 22.4 Å². The number of fused-ring (bicyclic) bond motifs is 2. The van der Waals surface area contributed by atoms with E-state index < -0.39 is 0 Å². The van der Waals surface area contributed by atoms with Gasteiger partial charge in [-0.05, 0) is 23.3 Å². The van der Waals surface area contributed by atoms with Crippen molar-refractivity contribution in [2.45, 2.75) is 11.8 Å². The van der Waals surface area contributed by atoms with Gasteiger partial charge in [0, 0.05) is 46.7 Å². The SMILES string of the molecule is O=C1NCC(c2c[nH]c3ccccc23)C1c1c[nH]c2ccccc12. The van der Waals surface area contributed by atoms with Gasteiger partial charge in [0.05, 0.1) is 5.92 Å². The minimum absolute atomic E-state index is 0.107. The van der Waals surface area contributed by atoms with Gasteiger partial charge in [0.15, 0.2) is 0 Å². The fourth-order valence-electron chi connectivity index (χ4n) is 4.02. The van der Waals surface area contributed by atoms with Crippen molar-refractivity contribution in [3.8, 4) is 0 Å². The van der Waals surface area contributed by atoms with E-state index in [1.807, 2.05) is 36.5 Å². The molecule has 0 radical (unpaired) electrons. The van der Waals surface area contributed by atoms with Gasteiger partial charge in [0.25, 0.3) is 0 Å². The highest BCUT2D eigenvalue weighted by molar-refractivity contribution is 5.95. The molecule has 0 bridgehead atoms. The first kappa shape index (κ1) is 13.4. The van der Waals surface area contributed by atoms with Crippen LogP contribution in [0.2, 0.25) is 0 Å². The van der Waals surface area contributed by atoms with Crippen LogP contribution in [0.15, 0.2) is 60.9 Å². The molecule has 4 heteroatoms. The van der Waals surface area contributed by atoms with Gasteiger partial charge in [-0.25, -0.2) is 0 Å². The smallest absolute Gasteiger partial charge is 0.228 e. The number of nitrogens with one attached hydrogen (secondary N) is 3. The average molecular weight is 315 g/mol. The third kappa shape index (κ3) is 1.83. The lowest BCUT2D eigenvalue weighted by Gasteiger charge is -2.16. The van der Waals surface area contributed by atoms with Crippen molar-refractivity contribution < 1.29 is 4.79 Å². The van der Waals surface area contributed by atoms with Crippen LogP contribution in [0.25, 0.3) is 21.8 Å². The van der Waals surface area contributed by atoms with Crippen LogP contribution in [0.5, 0.6) is 0 Å². The molecule has 1 fully saturated rings. The number of benzene rings is 2. The topological polar surface area (TPSA) is 60.7 Å². The normalized spacial score (nSPS) is 20.8. The molecule has 0 saturated carbocycles. The van der Waals surface area contributed by atoms with Gasteiger partial charge in [0.1, 0.15) is 0 Å². The summed E-state index contributed by atoms with van der Waals surface area (Å²) in [6.07, 6.45) is 4.04. The summed E-state index contributed by atoms with van der Waals surface area (Å²) in [5, 5.41) is 5.39. The molecule has 1 saturated heterocycles. The van der Waals surface area contributed by atoms with Crippen molar-refractivity contribution in [2.75, 3.05) is 6.54 Å². The number of hydrogen-bond donors (Lipinski definition) is 3. The molecule has 5 rings (SSSR count). The van der Waals surface area contributed by atoms with Gasteiger partial charge >= 0.3 is 0 Å². The first-order chi connectivity index (χ1) is 11.8. The van der Waals surface area contributed by atoms with E-state index in [-0.39, 0.29) is 17.7 Å². The first-order valence-corrected chi connectivity index (χ1v) is 8.22. The highest BCUT2D eigenvalue weighted by Crippen LogP contribution is 2.41. The fraction of sp³-hybridized carbons (Fsp3) is 0.150. The fourth-order valence-corrected chi connectivity index (χ4v) is 4.02. The number of amides is 1. The molecular weight excluding hydrogens is 298 g/mol. The zero-order chi connectivity index (χ0) is 16.1. The van der Waals surface area contributed by atoms with Gasteiger partial charge in [-0.1, -0.05) is 36.4 Å². The number of carbonyl (C=O) groups is 1. The van der Waals surface area contributed by atoms with Crippen molar-refractivity contribution in [2.24, 2.45) is 0 Å². The zero-order valence-electron chi connectivity index (χ0n) is 13.0. The average Bonchev–Trinajstić information content (AvgIpc) is 3.31. The number of rotatable bonds is 2. The molecule has 3 heterocycles. The summed E-state index contributed by atoms with van der Waals surface area (Å²) in [4.78, 5) is 19.3. The Hall–Kier alpha value is -3.01. The van der Waals surface area contributed by atoms with E-state index in [0.717, 1.165) is 22.0 Å². The Bertz CT molecular complexity index is 1060. The van der Waals surface area contributed by atoms with Crippen molar-refractivity contribution in [1.82, 2.24) is 15.3 Å². The van der Waals surface area contributed by atoms with Gasteiger partial charge in [-0.2, -0.15) is 0 Å². The number of carbonyl (C=O) groups excluding carboxylic acids is 1. The maximum atomic E-state index is 12.6. The van der Waals surface area contributed by atoms with Crippen LogP contribution in [0.1, 0.15) is 23.0 Å². The van der Waals surface area contributed by atoms with E-state index in [1.54, 1.807) is 0 Å². The highest BCUT2D eigenvalue weighted by Gasteiger charge is 2.39. The predicted molar refractivity (Wildman–Crippen MR) is 95.1 cm³/mol. The van der Waals surface area contributed by atoms with Crippen molar-refractivity contribution >= 4 is 27.7 Å². The van der Waals surface area contributed by atoms with Crippen LogP contribution >= 0.6 is 0 Å². The van der Waals surface area contributed by atoms with E-state index in [9.17, 15) is 4.79 Å². The van der Waals surface area contributed by atoms with E-state index in [1.165, 1.54) is 10.9 Å². The largest absolute Gasteiger partial charge is 0.361 e. The number of aromatic amines is 2. The van der Waals surface area contributed by atoms with E-state index >= 15 is 0 Å². The molecule has 2 aromatic carbocycles. The molecule has 1 aliphatic rings. The summed E-state index contributed by atoms with van der Waals surface area (Å²) in [6, 6.07) is 16.4. The molecule has 24 heavy (non-hydrogen) atoms. The standard InChI is InChI=1S/C20H17N3O/c24-20-19(15-10-22-18-8-4-2-6-13(15)18)16(11-23-20)14-9-21-17-7-3-1-5-12(14)17/h1-10,16,19,21-22H,11H2,(H,23,24). The molecule has 2 atom stereocenters. The van der Waals surface area contributed by atoms with Crippen molar-refractivity contribution in [1.29, 1.82) is 0 Å². The quantitative estimate of drug-likeness (QED) is 0.519. The molecule has 4 nitrogen and oxygen atoms in total. The minimum atomic E-state index is -0.166. The van der Waals surface area contributed by atoms with Crippen molar-refractivity contribution in [3.05, 3.63) is 72.1 Å². The summed E-state index contributed by atoms with van der Waals surface area (Å²) in [5.41, 5.74) is 4.48. The van der Waals surface area contributed by atoms with Gasteiger partial charge < -0.3 is 15.3 Å². The maximum Gasteiger partial charge on any atom is 0.228 e. The molecule has 2 aromatic heterocycles. The van der Waals surface area contributed by atoms with Crippen LogP contribution in [-0.2, 0) is 4.79 Å². The van der Waals surface area contributed by atoms with Crippen LogP contribution in [0, 0.1) is 0 Å². The minimum Gasteiger partial charge on any atom is -0.361 e. The number of para-hydroxylation sites is 2. The summed E-state index contributed by atoms with van der Waals surface area (Å²) in [7, 11) is 0. The van der Waals surface area contributed by atoms with E-state index in [4.69, 9.17) is 0 Å². The summed E-state index contributed by atoms with van der Waals surface area (Å²) >= 11 is 0. The Labute approximate surface area is 138 Å². The molecule has 0 spiro atoms. The third-order valence-electron chi connectivity index (χ3n) is 5.16. The van der Waals surface area contributed by atoms with Crippen molar-refractivity contribution in [3.63, 3.8) is 0 Å². The highest BCUT2D eigenvalue weighted by atomic mass is 16.2. The summed E-state index contributed by atoms with van der Waals surface area (Å²) in [6.45, 7) is 0.671. The van der Waals surface area contributed by atoms with Gasteiger partial charge in [0.2, 0.25) is 5.91 Å². The van der Waals surface area contributed by atoms with E-state index in [0.29, 0.717) is 6.54 Å². The molecule has 0 aliphatic carbocycles. The Morgan fingerprint density at radius 3 is 2.08 bits per heavy atom. The molecule has 1 aliphatic heterocycles. The number of aromatic nitrogens is 2. The third-order valence-corrected chi connectivity index (χ3v) is 5.16. The summed E-state index contributed by atoms with van der Waals surface area (Å²) < 4.78 is 0. The Morgan fingerprint density at radius 2 is 1.38 bits per heavy atom. The lowest BCUT2D eigenvalue weighted by atomic mass is 9.83. The lowest BCUT2D eigenvalue weighted by Crippen LogP contribution is -2.17. The second-order valence-corrected chi connectivity index (χ2v) is 6.41. The first-order valence-electron chi connectivity index (χ1n) is 8.22. The Kier molecular flexibility index (Phi) is 2.80. The van der Waals surface area contributed by atoms with Crippen LogP contribution in [0.3, 0.4) is 0 Å². The predicted octanol–water partition coefficient (Wildman–Crippen LogP) is 3.65. The van der Waals surface area contributed by atoms with Crippen LogP contribution in [0.4, 0.5) is 0 Å². The Morgan fingerprint density at radius 1 is 0.792 bits per heavy atom. The number of H-pyrrole nitrogens is 2. The zero-order valence-corrected chi connectivity index (χ0v) is 13.0. The molecule has 1 amide bonds. The monoisotopic (exact) mass is 315 g/mol. The second kappa shape index (κ2) is 4.99. The maximum absolute atomic E-state index is 12.6. The molecular formula is C20H17N3O. The van der Waals surface area contributed by atoms with Gasteiger partial charge in [-0.3, -0.25) is 4.79 Å². The van der Waals surface area contributed by atoms with E-state index in [2.05, 4.69) is 39.7 Å². The molecule has 118 valence electrons. The lowest BCUT2D eigenvalue weighted by molar-refractivity contribution is -0.120.